The molecule has 0 bridgehead atoms. The highest BCUT2D eigenvalue weighted by atomic mass is 79.9. The number of aromatic nitrogens is 1. The Morgan fingerprint density at radius 2 is 1.79 bits per heavy atom. The lowest BCUT2D eigenvalue weighted by Crippen LogP contribution is -2.23. The van der Waals surface area contributed by atoms with Crippen LogP contribution >= 0.6 is 27.3 Å². The lowest BCUT2D eigenvalue weighted by molar-refractivity contribution is -0.384. The van der Waals surface area contributed by atoms with Crippen molar-refractivity contribution in [3.63, 3.8) is 0 Å². The van der Waals surface area contributed by atoms with Crippen LogP contribution in [0.5, 0.6) is 0 Å². The Hall–Kier alpha value is -3.69. The van der Waals surface area contributed by atoms with Crippen molar-refractivity contribution in [3.8, 4) is 0 Å². The van der Waals surface area contributed by atoms with Gasteiger partial charge in [0.05, 0.1) is 21.4 Å². The smallest absolute Gasteiger partial charge is 0.267 e. The normalized spacial score (nSPS) is 11.5. The number of thiazole rings is 1. The second-order valence-corrected chi connectivity index (χ2v) is 9.02. The summed E-state index contributed by atoms with van der Waals surface area (Å²) in [5.74, 6) is -0.394. The van der Waals surface area contributed by atoms with Crippen molar-refractivity contribution >= 4 is 66.5 Å². The molecule has 0 unspecified atom stereocenters. The molecule has 33 heavy (non-hydrogen) atoms. The number of hydrogen-bond acceptors (Lipinski definition) is 6. The van der Waals surface area contributed by atoms with Crippen molar-refractivity contribution in [1.82, 2.24) is 4.98 Å². The fraction of sp³-hybridized carbons (Fsp3) is 0.0417. The third-order valence-electron chi connectivity index (χ3n) is 4.65. The van der Waals surface area contributed by atoms with Crippen molar-refractivity contribution in [2.24, 2.45) is 5.10 Å². The number of rotatable bonds is 6. The van der Waals surface area contributed by atoms with Gasteiger partial charge in [0.25, 0.3) is 11.6 Å². The molecule has 0 aliphatic heterocycles. The van der Waals surface area contributed by atoms with E-state index in [0.29, 0.717) is 10.7 Å². The number of nitro groups is 1. The molecule has 0 saturated heterocycles. The number of fused-ring (bicyclic) bond motifs is 1. The summed E-state index contributed by atoms with van der Waals surface area (Å²) in [4.78, 5) is 28.0. The lowest BCUT2D eigenvalue weighted by atomic mass is 10.2. The van der Waals surface area contributed by atoms with Crippen LogP contribution < -0.4 is 5.01 Å². The molecule has 0 spiro atoms. The first kappa shape index (κ1) is 22.5. The molecule has 0 aliphatic carbocycles. The third kappa shape index (κ3) is 5.57. The van der Waals surface area contributed by atoms with Crippen LogP contribution in [0.3, 0.4) is 0 Å². The van der Waals surface area contributed by atoms with E-state index >= 15 is 0 Å². The summed E-state index contributed by atoms with van der Waals surface area (Å²) in [5.41, 5.74) is 3.39. The number of aryl methyl sites for hydroxylation is 1. The van der Waals surface area contributed by atoms with Gasteiger partial charge in [-0.05, 0) is 54.5 Å². The molecular formula is C24H17BrN4O3S. The molecule has 0 radical (unpaired) electrons. The van der Waals surface area contributed by atoms with Crippen LogP contribution in [-0.2, 0) is 4.79 Å². The van der Waals surface area contributed by atoms with E-state index in [0.717, 1.165) is 25.8 Å². The standard InChI is InChI=1S/C24H17BrN4O3S/c1-16-2-4-18(5-3-16)15-26-28(24-27-21-12-9-19(25)14-22(21)33-24)23(30)13-8-17-6-10-20(11-7-17)29(31)32/h2-15H,1H3/b13-8+,26-15+. The Bertz CT molecular complexity index is 1380. The average molecular weight is 521 g/mol. The zero-order chi connectivity index (χ0) is 23.4. The van der Waals surface area contributed by atoms with E-state index in [1.165, 1.54) is 34.6 Å². The van der Waals surface area contributed by atoms with E-state index < -0.39 is 10.8 Å². The van der Waals surface area contributed by atoms with Crippen LogP contribution in [-0.4, -0.2) is 22.0 Å². The molecule has 0 atom stereocenters. The Morgan fingerprint density at radius 3 is 2.48 bits per heavy atom. The predicted molar refractivity (Wildman–Crippen MR) is 136 cm³/mol. The molecule has 9 heteroatoms. The highest BCUT2D eigenvalue weighted by Gasteiger charge is 2.17. The summed E-state index contributed by atoms with van der Waals surface area (Å²) in [6.07, 6.45) is 4.57. The minimum Gasteiger partial charge on any atom is -0.267 e. The molecule has 0 aliphatic rings. The van der Waals surface area contributed by atoms with Gasteiger partial charge >= 0.3 is 0 Å². The minimum atomic E-state index is -0.467. The van der Waals surface area contributed by atoms with Gasteiger partial charge < -0.3 is 0 Å². The summed E-state index contributed by atoms with van der Waals surface area (Å²) in [7, 11) is 0. The van der Waals surface area contributed by atoms with E-state index in [1.807, 2.05) is 49.4 Å². The van der Waals surface area contributed by atoms with Crippen LogP contribution in [0.15, 0.2) is 82.4 Å². The van der Waals surface area contributed by atoms with Crippen molar-refractivity contribution in [2.75, 3.05) is 5.01 Å². The quantitative estimate of drug-likeness (QED) is 0.128. The second kappa shape index (κ2) is 9.85. The molecule has 4 rings (SSSR count). The van der Waals surface area contributed by atoms with Crippen molar-refractivity contribution in [2.45, 2.75) is 6.92 Å². The number of amides is 1. The molecular weight excluding hydrogens is 504 g/mol. The lowest BCUT2D eigenvalue weighted by Gasteiger charge is -2.11. The van der Waals surface area contributed by atoms with E-state index in [-0.39, 0.29) is 5.69 Å². The Balaban J connectivity index is 1.65. The van der Waals surface area contributed by atoms with Gasteiger partial charge in [-0.15, -0.1) is 0 Å². The first-order valence-electron chi connectivity index (χ1n) is 9.82. The van der Waals surface area contributed by atoms with Gasteiger partial charge in [-0.25, -0.2) is 4.98 Å². The zero-order valence-electron chi connectivity index (χ0n) is 17.4. The topological polar surface area (TPSA) is 88.7 Å². The van der Waals surface area contributed by atoms with Crippen LogP contribution in [0.1, 0.15) is 16.7 Å². The van der Waals surface area contributed by atoms with Gasteiger partial charge in [0.15, 0.2) is 0 Å². The summed E-state index contributed by atoms with van der Waals surface area (Å²) in [5, 5.41) is 16.9. The fourth-order valence-electron chi connectivity index (χ4n) is 2.90. The summed E-state index contributed by atoms with van der Waals surface area (Å²) in [6, 6.07) is 19.4. The van der Waals surface area contributed by atoms with Gasteiger partial charge in [0, 0.05) is 22.7 Å². The summed E-state index contributed by atoms with van der Waals surface area (Å²) in [6.45, 7) is 2.00. The van der Waals surface area contributed by atoms with E-state index in [2.05, 4.69) is 26.0 Å². The molecule has 1 aromatic heterocycles. The number of halogens is 1. The Kier molecular flexibility index (Phi) is 6.71. The monoisotopic (exact) mass is 520 g/mol. The first-order valence-corrected chi connectivity index (χ1v) is 11.4. The number of non-ortho nitro benzene ring substituents is 1. The van der Waals surface area contributed by atoms with Gasteiger partial charge in [0.1, 0.15) is 0 Å². The summed E-state index contributed by atoms with van der Waals surface area (Å²) < 4.78 is 1.84. The SMILES string of the molecule is Cc1ccc(/C=N/N(C(=O)/C=C/c2ccc([N+](=O)[O-])cc2)c2nc3ccc(Br)cc3s2)cc1. The molecule has 0 fully saturated rings. The minimum absolute atomic E-state index is 0.0107. The molecule has 1 heterocycles. The largest absolute Gasteiger partial charge is 0.273 e. The maximum Gasteiger partial charge on any atom is 0.273 e. The van der Waals surface area contributed by atoms with Crippen molar-refractivity contribution < 1.29 is 9.72 Å². The number of nitrogens with zero attached hydrogens (tertiary/aromatic N) is 4. The van der Waals surface area contributed by atoms with Crippen LogP contribution in [0.4, 0.5) is 10.8 Å². The first-order chi connectivity index (χ1) is 15.9. The third-order valence-corrected chi connectivity index (χ3v) is 6.14. The number of anilines is 1. The molecule has 7 nitrogen and oxygen atoms in total. The maximum absolute atomic E-state index is 13.1. The van der Waals surface area contributed by atoms with Crippen LogP contribution in [0.2, 0.25) is 0 Å². The van der Waals surface area contributed by atoms with Crippen molar-refractivity contribution in [3.05, 3.63) is 104 Å². The second-order valence-electron chi connectivity index (χ2n) is 7.10. The van der Waals surface area contributed by atoms with E-state index in [4.69, 9.17) is 0 Å². The Labute approximate surface area is 202 Å². The number of hydrogen-bond donors (Lipinski definition) is 0. The molecule has 0 saturated carbocycles. The highest BCUT2D eigenvalue weighted by molar-refractivity contribution is 9.10. The van der Waals surface area contributed by atoms with Crippen LogP contribution in [0.25, 0.3) is 16.3 Å². The number of benzene rings is 3. The Morgan fingerprint density at radius 1 is 1.09 bits per heavy atom. The number of carbonyl (C=O) groups excluding carboxylic acids is 1. The number of nitro benzene ring substituents is 1. The van der Waals surface area contributed by atoms with E-state index in [1.54, 1.807) is 24.4 Å². The predicted octanol–water partition coefficient (Wildman–Crippen LogP) is 6.36. The highest BCUT2D eigenvalue weighted by Crippen LogP contribution is 2.31. The maximum atomic E-state index is 13.1. The van der Waals surface area contributed by atoms with Crippen LogP contribution in [0, 0.1) is 17.0 Å². The van der Waals surface area contributed by atoms with Gasteiger partial charge in [0.2, 0.25) is 5.13 Å². The fourth-order valence-corrected chi connectivity index (χ4v) is 4.38. The number of hydrazone groups is 1. The molecule has 1 amide bonds. The summed E-state index contributed by atoms with van der Waals surface area (Å²) >= 11 is 4.81. The molecule has 0 N–H and O–H groups in total. The van der Waals surface area contributed by atoms with Gasteiger partial charge in [-0.1, -0.05) is 57.1 Å². The molecule has 4 aromatic rings. The van der Waals surface area contributed by atoms with Gasteiger partial charge in [-0.2, -0.15) is 10.1 Å². The van der Waals surface area contributed by atoms with E-state index in [9.17, 15) is 14.9 Å². The van der Waals surface area contributed by atoms with Gasteiger partial charge in [-0.3, -0.25) is 14.9 Å². The number of carbonyl (C=O) groups is 1. The molecule has 164 valence electrons. The van der Waals surface area contributed by atoms with Crippen molar-refractivity contribution in [1.29, 1.82) is 0 Å². The average Bonchev–Trinajstić information content (AvgIpc) is 3.22. The molecule has 3 aromatic carbocycles. The zero-order valence-corrected chi connectivity index (χ0v) is 19.8.